The van der Waals surface area contributed by atoms with E-state index in [1.807, 2.05) is 61.0 Å². The first-order chi connectivity index (χ1) is 14.6. The fourth-order valence-electron chi connectivity index (χ4n) is 3.40. The zero-order valence-electron chi connectivity index (χ0n) is 18.0. The van der Waals surface area contributed by atoms with E-state index in [0.29, 0.717) is 25.5 Å². The van der Waals surface area contributed by atoms with Crippen LogP contribution in [0.1, 0.15) is 29.4 Å². The molecule has 0 spiro atoms. The summed E-state index contributed by atoms with van der Waals surface area (Å²) in [6.07, 6.45) is 0.117. The Kier molecular flexibility index (Phi) is 7.63. The zero-order chi connectivity index (χ0) is 21.3. The molecule has 1 aromatic heterocycles. The van der Waals surface area contributed by atoms with Gasteiger partial charge in [-0.1, -0.05) is 48.5 Å². The van der Waals surface area contributed by atoms with Crippen molar-refractivity contribution in [2.24, 2.45) is 4.99 Å². The minimum absolute atomic E-state index is 0.430. The molecule has 1 atom stereocenters. The van der Waals surface area contributed by atoms with E-state index in [-0.39, 0.29) is 0 Å². The van der Waals surface area contributed by atoms with Crippen molar-refractivity contribution in [3.63, 3.8) is 0 Å². The van der Waals surface area contributed by atoms with Gasteiger partial charge in [0, 0.05) is 25.2 Å². The molecule has 3 aromatic rings. The number of rotatable bonds is 8. The summed E-state index contributed by atoms with van der Waals surface area (Å²) in [4.78, 5) is 4.73. The SMILES string of the molecule is CCNC(=NCc1ccccc1-n1nc(C)cc1C)NCC(O)Cc1ccccc1. The van der Waals surface area contributed by atoms with Crippen LogP contribution in [0.5, 0.6) is 0 Å². The lowest BCUT2D eigenvalue weighted by Gasteiger charge is -2.16. The van der Waals surface area contributed by atoms with Crippen LogP contribution < -0.4 is 10.6 Å². The molecule has 0 saturated heterocycles. The van der Waals surface area contributed by atoms with E-state index < -0.39 is 6.10 Å². The maximum absolute atomic E-state index is 10.4. The van der Waals surface area contributed by atoms with Crippen LogP contribution in [0.15, 0.2) is 65.7 Å². The lowest BCUT2D eigenvalue weighted by molar-refractivity contribution is 0.177. The van der Waals surface area contributed by atoms with Gasteiger partial charge in [-0.15, -0.1) is 0 Å². The van der Waals surface area contributed by atoms with Crippen molar-refractivity contribution >= 4 is 5.96 Å². The standard InChI is InChI=1S/C24H31N5O/c1-4-25-24(27-17-22(30)15-20-10-6-5-7-11-20)26-16-21-12-8-9-13-23(21)29-19(3)14-18(2)28-29/h5-14,22,30H,4,15-17H2,1-3H3,(H2,25,26,27). The molecule has 0 fully saturated rings. The first kappa shape index (κ1) is 21.6. The van der Waals surface area contributed by atoms with Gasteiger partial charge in [-0.25, -0.2) is 9.67 Å². The zero-order valence-corrected chi connectivity index (χ0v) is 18.0. The number of aliphatic hydroxyl groups is 1. The maximum Gasteiger partial charge on any atom is 0.191 e. The second kappa shape index (κ2) is 10.6. The highest BCUT2D eigenvalue weighted by Crippen LogP contribution is 2.17. The maximum atomic E-state index is 10.4. The summed E-state index contributed by atoms with van der Waals surface area (Å²) in [6.45, 7) is 7.78. The van der Waals surface area contributed by atoms with E-state index in [1.165, 1.54) is 0 Å². The summed E-state index contributed by atoms with van der Waals surface area (Å²) in [7, 11) is 0. The third kappa shape index (κ3) is 5.94. The molecule has 6 heteroatoms. The van der Waals surface area contributed by atoms with Crippen LogP contribution in [-0.2, 0) is 13.0 Å². The molecular formula is C24H31N5O. The minimum atomic E-state index is -0.488. The molecule has 0 saturated carbocycles. The molecule has 1 unspecified atom stereocenters. The molecule has 3 rings (SSSR count). The first-order valence-electron chi connectivity index (χ1n) is 10.4. The van der Waals surface area contributed by atoms with Gasteiger partial charge >= 0.3 is 0 Å². The minimum Gasteiger partial charge on any atom is -0.391 e. The van der Waals surface area contributed by atoms with Crippen molar-refractivity contribution in [1.29, 1.82) is 0 Å². The second-order valence-corrected chi connectivity index (χ2v) is 7.39. The molecule has 30 heavy (non-hydrogen) atoms. The summed E-state index contributed by atoms with van der Waals surface area (Å²) < 4.78 is 1.96. The fraction of sp³-hybridized carbons (Fsp3) is 0.333. The van der Waals surface area contributed by atoms with E-state index in [0.717, 1.165) is 34.7 Å². The molecule has 1 heterocycles. The van der Waals surface area contributed by atoms with E-state index in [1.54, 1.807) is 0 Å². The number of guanidine groups is 1. The number of aliphatic hydroxyl groups excluding tert-OH is 1. The van der Waals surface area contributed by atoms with Gasteiger partial charge in [0.05, 0.1) is 24.0 Å². The lowest BCUT2D eigenvalue weighted by atomic mass is 10.1. The van der Waals surface area contributed by atoms with Gasteiger partial charge in [-0.2, -0.15) is 5.10 Å². The quantitative estimate of drug-likeness (QED) is 0.398. The molecule has 0 aliphatic rings. The van der Waals surface area contributed by atoms with Gasteiger partial charge in [-0.05, 0) is 44.0 Å². The summed E-state index contributed by atoms with van der Waals surface area (Å²) in [5.74, 6) is 0.688. The Hall–Kier alpha value is -3.12. The third-order valence-electron chi connectivity index (χ3n) is 4.80. The molecule has 2 aromatic carbocycles. The molecule has 3 N–H and O–H groups in total. The van der Waals surface area contributed by atoms with Crippen LogP contribution in [0.3, 0.4) is 0 Å². The van der Waals surface area contributed by atoms with Crippen LogP contribution in [0, 0.1) is 13.8 Å². The van der Waals surface area contributed by atoms with Crippen LogP contribution in [0.25, 0.3) is 5.69 Å². The van der Waals surface area contributed by atoms with Crippen LogP contribution in [0.2, 0.25) is 0 Å². The normalized spacial score (nSPS) is 12.6. The highest BCUT2D eigenvalue weighted by molar-refractivity contribution is 5.79. The smallest absolute Gasteiger partial charge is 0.191 e. The first-order valence-corrected chi connectivity index (χ1v) is 10.4. The number of hydrogen-bond donors (Lipinski definition) is 3. The van der Waals surface area contributed by atoms with Crippen molar-refractivity contribution < 1.29 is 5.11 Å². The van der Waals surface area contributed by atoms with Crippen molar-refractivity contribution in [3.05, 3.63) is 83.2 Å². The van der Waals surface area contributed by atoms with Crippen LogP contribution >= 0.6 is 0 Å². The molecule has 0 aliphatic heterocycles. The van der Waals surface area contributed by atoms with Crippen molar-refractivity contribution in [2.75, 3.05) is 13.1 Å². The van der Waals surface area contributed by atoms with Gasteiger partial charge in [0.1, 0.15) is 0 Å². The molecular weight excluding hydrogens is 374 g/mol. The topological polar surface area (TPSA) is 74.5 Å². The lowest BCUT2D eigenvalue weighted by Crippen LogP contribution is -2.41. The largest absolute Gasteiger partial charge is 0.391 e. The van der Waals surface area contributed by atoms with E-state index in [9.17, 15) is 5.11 Å². The number of aryl methyl sites for hydroxylation is 2. The van der Waals surface area contributed by atoms with Crippen LogP contribution in [-0.4, -0.2) is 40.0 Å². The number of benzene rings is 2. The monoisotopic (exact) mass is 405 g/mol. The average Bonchev–Trinajstić information content (AvgIpc) is 3.09. The number of para-hydroxylation sites is 1. The third-order valence-corrected chi connectivity index (χ3v) is 4.80. The van der Waals surface area contributed by atoms with Gasteiger partial charge in [0.25, 0.3) is 0 Å². The Labute approximate surface area is 178 Å². The van der Waals surface area contributed by atoms with Crippen molar-refractivity contribution in [2.45, 2.75) is 39.8 Å². The summed E-state index contributed by atoms with van der Waals surface area (Å²) >= 11 is 0. The van der Waals surface area contributed by atoms with Crippen LogP contribution in [0.4, 0.5) is 0 Å². The van der Waals surface area contributed by atoms with Crippen molar-refractivity contribution in [1.82, 2.24) is 20.4 Å². The predicted octanol–water partition coefficient (Wildman–Crippen LogP) is 3.15. The number of nitrogens with zero attached hydrogens (tertiary/aromatic N) is 3. The second-order valence-electron chi connectivity index (χ2n) is 7.39. The molecule has 158 valence electrons. The van der Waals surface area contributed by atoms with E-state index >= 15 is 0 Å². The van der Waals surface area contributed by atoms with Crippen molar-refractivity contribution in [3.8, 4) is 5.69 Å². The highest BCUT2D eigenvalue weighted by Gasteiger charge is 2.10. The van der Waals surface area contributed by atoms with E-state index in [4.69, 9.17) is 4.99 Å². The van der Waals surface area contributed by atoms with E-state index in [2.05, 4.69) is 40.9 Å². The molecule has 0 bridgehead atoms. The number of hydrogen-bond acceptors (Lipinski definition) is 3. The van der Waals surface area contributed by atoms with Gasteiger partial charge < -0.3 is 15.7 Å². The summed E-state index contributed by atoms with van der Waals surface area (Å²) in [5, 5.41) is 21.5. The number of aliphatic imine (C=N–C) groups is 1. The van der Waals surface area contributed by atoms with Gasteiger partial charge in [0.15, 0.2) is 5.96 Å². The fourth-order valence-corrected chi connectivity index (χ4v) is 3.40. The Bertz CT molecular complexity index is 965. The molecule has 0 radical (unpaired) electrons. The Morgan fingerprint density at radius 3 is 2.50 bits per heavy atom. The molecule has 6 nitrogen and oxygen atoms in total. The predicted molar refractivity (Wildman–Crippen MR) is 122 cm³/mol. The average molecular weight is 406 g/mol. The Morgan fingerprint density at radius 2 is 1.80 bits per heavy atom. The number of aromatic nitrogens is 2. The van der Waals surface area contributed by atoms with Gasteiger partial charge in [0.2, 0.25) is 0 Å². The Morgan fingerprint density at radius 1 is 1.07 bits per heavy atom. The molecule has 0 amide bonds. The number of nitrogens with one attached hydrogen (secondary N) is 2. The van der Waals surface area contributed by atoms with Gasteiger partial charge in [-0.3, -0.25) is 0 Å². The Balaban J connectivity index is 1.67. The summed E-state index contributed by atoms with van der Waals surface area (Å²) in [5.41, 5.74) is 5.33. The highest BCUT2D eigenvalue weighted by atomic mass is 16.3. The molecule has 0 aliphatic carbocycles. The summed E-state index contributed by atoms with van der Waals surface area (Å²) in [6, 6.07) is 20.2.